The monoisotopic (exact) mass is 195 g/mol. The molecule has 72 valence electrons. The summed E-state index contributed by atoms with van der Waals surface area (Å²) < 4.78 is 0. The van der Waals surface area contributed by atoms with Crippen molar-refractivity contribution in [1.29, 1.82) is 0 Å². The average molecular weight is 195 g/mol. The largest absolute Gasteiger partial charge is 0.360 e. The topological polar surface area (TPSA) is 41.6 Å². The number of H-pyrrole nitrogens is 1. The smallest absolute Gasteiger partial charge is 0.0906 e. The van der Waals surface area contributed by atoms with Crippen molar-refractivity contribution >= 4 is 10.9 Å². The van der Waals surface area contributed by atoms with E-state index in [1.165, 1.54) is 5.39 Å². The van der Waals surface area contributed by atoms with Gasteiger partial charge in [0.15, 0.2) is 0 Å². The Labute approximate surface area is 86.8 Å². The quantitative estimate of drug-likeness (QED) is 0.648. The second-order valence-corrected chi connectivity index (χ2v) is 3.34. The maximum Gasteiger partial charge on any atom is 0.0906 e. The Morgan fingerprint density at radius 3 is 2.87 bits per heavy atom. The predicted molar refractivity (Wildman–Crippen MR) is 59.3 cm³/mol. The molecule has 0 spiro atoms. The minimum atomic E-state index is 0.898. The molecule has 0 aliphatic rings. The van der Waals surface area contributed by atoms with Crippen LogP contribution in [0.3, 0.4) is 0 Å². The van der Waals surface area contributed by atoms with E-state index in [4.69, 9.17) is 0 Å². The molecule has 3 rings (SSSR count). The lowest BCUT2D eigenvalue weighted by Crippen LogP contribution is -1.81. The van der Waals surface area contributed by atoms with E-state index >= 15 is 0 Å². The number of fused-ring (bicyclic) bond motifs is 1. The fourth-order valence-electron chi connectivity index (χ4n) is 1.72. The Balaban J connectivity index is 2.28. The molecule has 0 bridgehead atoms. The summed E-state index contributed by atoms with van der Waals surface area (Å²) in [7, 11) is 0. The molecule has 2 heterocycles. The van der Waals surface area contributed by atoms with Gasteiger partial charge < -0.3 is 4.98 Å². The van der Waals surface area contributed by atoms with Crippen LogP contribution >= 0.6 is 0 Å². The number of para-hydroxylation sites is 1. The standard InChI is InChI=1S/C12H9N3/c1-2-4-11-9(3-1)10(7-15-11)12-8-13-5-6-14-12/h1-8,15H. The van der Waals surface area contributed by atoms with E-state index in [2.05, 4.69) is 27.1 Å². The number of hydrogen-bond donors (Lipinski definition) is 1. The molecule has 1 aromatic carbocycles. The second-order valence-electron chi connectivity index (χ2n) is 3.34. The normalized spacial score (nSPS) is 10.7. The average Bonchev–Trinajstić information content (AvgIpc) is 2.74. The molecule has 0 amide bonds. The predicted octanol–water partition coefficient (Wildman–Crippen LogP) is 2.62. The summed E-state index contributed by atoms with van der Waals surface area (Å²) in [5.41, 5.74) is 3.12. The summed E-state index contributed by atoms with van der Waals surface area (Å²) in [6.07, 6.45) is 7.12. The molecular formula is C12H9N3. The molecule has 0 saturated heterocycles. The van der Waals surface area contributed by atoms with E-state index in [0.717, 1.165) is 16.8 Å². The SMILES string of the molecule is c1ccc2c(-c3cnccn3)c[nH]c2c1. The van der Waals surface area contributed by atoms with Crippen molar-refractivity contribution in [3.8, 4) is 11.3 Å². The Kier molecular flexibility index (Phi) is 1.75. The third kappa shape index (κ3) is 1.29. The number of benzene rings is 1. The minimum absolute atomic E-state index is 0.898. The summed E-state index contributed by atoms with van der Waals surface area (Å²) in [6.45, 7) is 0. The number of rotatable bonds is 1. The molecule has 0 radical (unpaired) electrons. The molecule has 15 heavy (non-hydrogen) atoms. The van der Waals surface area contributed by atoms with Crippen molar-refractivity contribution in [2.75, 3.05) is 0 Å². The molecule has 0 fully saturated rings. The van der Waals surface area contributed by atoms with E-state index in [1.807, 2.05) is 18.3 Å². The molecule has 0 atom stereocenters. The van der Waals surface area contributed by atoms with Crippen LogP contribution in [0.25, 0.3) is 22.2 Å². The number of nitrogens with zero attached hydrogens (tertiary/aromatic N) is 2. The van der Waals surface area contributed by atoms with Crippen molar-refractivity contribution < 1.29 is 0 Å². The fourth-order valence-corrected chi connectivity index (χ4v) is 1.72. The summed E-state index contributed by atoms with van der Waals surface area (Å²) in [6, 6.07) is 8.17. The van der Waals surface area contributed by atoms with E-state index in [9.17, 15) is 0 Å². The van der Waals surface area contributed by atoms with Crippen molar-refractivity contribution in [3.05, 3.63) is 49.1 Å². The maximum absolute atomic E-state index is 4.29. The van der Waals surface area contributed by atoms with Crippen LogP contribution in [0.4, 0.5) is 0 Å². The van der Waals surface area contributed by atoms with E-state index in [-0.39, 0.29) is 0 Å². The molecule has 3 nitrogen and oxygen atoms in total. The van der Waals surface area contributed by atoms with Gasteiger partial charge in [-0.15, -0.1) is 0 Å². The first kappa shape index (κ1) is 8.17. The van der Waals surface area contributed by atoms with Gasteiger partial charge in [0, 0.05) is 35.1 Å². The Morgan fingerprint density at radius 2 is 2.00 bits per heavy atom. The third-order valence-electron chi connectivity index (χ3n) is 2.43. The summed E-state index contributed by atoms with van der Waals surface area (Å²) in [5, 5.41) is 1.18. The zero-order valence-corrected chi connectivity index (χ0v) is 8.01. The molecule has 3 heteroatoms. The van der Waals surface area contributed by atoms with Gasteiger partial charge in [-0.25, -0.2) is 0 Å². The van der Waals surface area contributed by atoms with Gasteiger partial charge in [-0.05, 0) is 6.07 Å². The Bertz CT molecular complexity index is 584. The highest BCUT2D eigenvalue weighted by molar-refractivity contribution is 5.94. The van der Waals surface area contributed by atoms with Crippen molar-refractivity contribution in [2.24, 2.45) is 0 Å². The second kappa shape index (κ2) is 3.20. The van der Waals surface area contributed by atoms with Crippen LogP contribution in [0.1, 0.15) is 0 Å². The van der Waals surface area contributed by atoms with E-state index in [0.29, 0.717) is 0 Å². The zero-order valence-electron chi connectivity index (χ0n) is 8.01. The van der Waals surface area contributed by atoms with Gasteiger partial charge in [-0.3, -0.25) is 9.97 Å². The summed E-state index contributed by atoms with van der Waals surface area (Å²) in [4.78, 5) is 11.6. The van der Waals surface area contributed by atoms with Crippen LogP contribution in [-0.2, 0) is 0 Å². The molecule has 0 unspecified atom stereocenters. The number of aromatic amines is 1. The molecule has 2 aromatic heterocycles. The highest BCUT2D eigenvalue weighted by Crippen LogP contribution is 2.25. The van der Waals surface area contributed by atoms with Crippen LogP contribution in [0.15, 0.2) is 49.1 Å². The van der Waals surface area contributed by atoms with Gasteiger partial charge in [0.2, 0.25) is 0 Å². The van der Waals surface area contributed by atoms with Crippen LogP contribution in [0.5, 0.6) is 0 Å². The first-order chi connectivity index (χ1) is 7.45. The summed E-state index contributed by atoms with van der Waals surface area (Å²) in [5.74, 6) is 0. The molecule has 0 saturated carbocycles. The van der Waals surface area contributed by atoms with Gasteiger partial charge in [-0.2, -0.15) is 0 Å². The van der Waals surface area contributed by atoms with Gasteiger partial charge in [0.1, 0.15) is 0 Å². The van der Waals surface area contributed by atoms with Crippen LogP contribution < -0.4 is 0 Å². The van der Waals surface area contributed by atoms with Crippen molar-refractivity contribution in [3.63, 3.8) is 0 Å². The number of hydrogen-bond acceptors (Lipinski definition) is 2. The van der Waals surface area contributed by atoms with Crippen LogP contribution in [0, 0.1) is 0 Å². The maximum atomic E-state index is 4.29. The first-order valence-corrected chi connectivity index (χ1v) is 4.77. The number of nitrogens with one attached hydrogen (secondary N) is 1. The minimum Gasteiger partial charge on any atom is -0.360 e. The Hall–Kier alpha value is -2.16. The van der Waals surface area contributed by atoms with Crippen molar-refractivity contribution in [2.45, 2.75) is 0 Å². The highest BCUT2D eigenvalue weighted by Gasteiger charge is 2.05. The van der Waals surface area contributed by atoms with Gasteiger partial charge >= 0.3 is 0 Å². The lowest BCUT2D eigenvalue weighted by Gasteiger charge is -1.96. The van der Waals surface area contributed by atoms with E-state index < -0.39 is 0 Å². The van der Waals surface area contributed by atoms with E-state index in [1.54, 1.807) is 18.6 Å². The first-order valence-electron chi connectivity index (χ1n) is 4.77. The number of aromatic nitrogens is 3. The third-order valence-corrected chi connectivity index (χ3v) is 2.43. The Morgan fingerprint density at radius 1 is 1.07 bits per heavy atom. The lowest BCUT2D eigenvalue weighted by atomic mass is 10.1. The highest BCUT2D eigenvalue weighted by atomic mass is 14.8. The summed E-state index contributed by atoms with van der Waals surface area (Å²) >= 11 is 0. The van der Waals surface area contributed by atoms with Crippen LogP contribution in [-0.4, -0.2) is 15.0 Å². The lowest BCUT2D eigenvalue weighted by molar-refractivity contribution is 1.21. The molecular weight excluding hydrogens is 186 g/mol. The zero-order chi connectivity index (χ0) is 10.1. The van der Waals surface area contributed by atoms with Gasteiger partial charge in [0.25, 0.3) is 0 Å². The van der Waals surface area contributed by atoms with Crippen molar-refractivity contribution in [1.82, 2.24) is 15.0 Å². The van der Waals surface area contributed by atoms with Crippen LogP contribution in [0.2, 0.25) is 0 Å². The molecule has 0 aliphatic heterocycles. The van der Waals surface area contributed by atoms with Gasteiger partial charge in [0.05, 0.1) is 11.9 Å². The fraction of sp³-hybridized carbons (Fsp3) is 0. The molecule has 1 N–H and O–H groups in total. The van der Waals surface area contributed by atoms with Gasteiger partial charge in [-0.1, -0.05) is 18.2 Å². The molecule has 0 aliphatic carbocycles. The molecule has 3 aromatic rings.